The minimum absolute atomic E-state index is 0.111. The first-order valence-corrected chi connectivity index (χ1v) is 6.15. The number of ether oxygens (including phenoxy) is 2. The Labute approximate surface area is 115 Å². The van der Waals surface area contributed by atoms with Crippen molar-refractivity contribution in [1.82, 2.24) is 14.8 Å². The number of hydrogen-bond donors (Lipinski definition) is 1. The maximum Gasteiger partial charge on any atom is 0.336 e. The predicted octanol–water partition coefficient (Wildman–Crippen LogP) is 1.14. The van der Waals surface area contributed by atoms with Crippen molar-refractivity contribution in [1.29, 1.82) is 0 Å². The molecule has 7 heteroatoms. The molecular formula is C13H15N3O4. The van der Waals surface area contributed by atoms with Crippen LogP contribution in [-0.2, 0) is 9.53 Å². The smallest absolute Gasteiger partial charge is 0.336 e. The summed E-state index contributed by atoms with van der Waals surface area (Å²) < 4.78 is 11.8. The van der Waals surface area contributed by atoms with Gasteiger partial charge in [-0.15, -0.1) is 5.10 Å². The van der Waals surface area contributed by atoms with Gasteiger partial charge in [0.15, 0.2) is 6.10 Å². The van der Waals surface area contributed by atoms with Crippen LogP contribution in [0, 0.1) is 0 Å². The maximum absolute atomic E-state index is 10.9. The zero-order chi connectivity index (χ0) is 14.4. The number of carboxylic acid groups (broad SMARTS) is 1. The highest BCUT2D eigenvalue weighted by atomic mass is 16.6. The minimum Gasteiger partial charge on any atom is -0.479 e. The number of aromatic nitrogens is 3. The second-order valence-electron chi connectivity index (χ2n) is 3.90. The number of nitrogens with zero attached hydrogens (tertiary/aromatic N) is 3. The van der Waals surface area contributed by atoms with Gasteiger partial charge >= 0.3 is 12.0 Å². The van der Waals surface area contributed by atoms with Crippen LogP contribution in [0.25, 0.3) is 5.69 Å². The minimum atomic E-state index is -1.07. The normalized spacial score (nSPS) is 12.1. The molecule has 106 valence electrons. The molecule has 20 heavy (non-hydrogen) atoms. The highest BCUT2D eigenvalue weighted by Crippen LogP contribution is 2.08. The lowest BCUT2D eigenvalue weighted by molar-refractivity contribution is -0.152. The van der Waals surface area contributed by atoms with E-state index in [0.29, 0.717) is 6.61 Å². The van der Waals surface area contributed by atoms with Crippen molar-refractivity contribution < 1.29 is 19.4 Å². The highest BCUT2D eigenvalue weighted by Gasteiger charge is 2.19. The SMILES string of the molecule is CCOC(COc1ncn(-c2ccccc2)n1)C(=O)O. The zero-order valence-electron chi connectivity index (χ0n) is 11.0. The molecule has 0 aliphatic carbocycles. The van der Waals surface area contributed by atoms with Gasteiger partial charge in [0, 0.05) is 6.61 Å². The number of carboxylic acids is 1. The molecule has 2 rings (SSSR count). The molecule has 0 aliphatic rings. The Morgan fingerprint density at radius 2 is 2.15 bits per heavy atom. The fourth-order valence-electron chi connectivity index (χ4n) is 1.56. The van der Waals surface area contributed by atoms with Crippen molar-refractivity contribution in [2.45, 2.75) is 13.0 Å². The molecule has 0 bridgehead atoms. The Kier molecular flexibility index (Phi) is 4.67. The molecule has 0 saturated carbocycles. The molecule has 0 radical (unpaired) electrons. The molecule has 0 aliphatic heterocycles. The summed E-state index contributed by atoms with van der Waals surface area (Å²) >= 11 is 0. The Balaban J connectivity index is 1.98. The lowest BCUT2D eigenvalue weighted by atomic mass is 10.3. The molecule has 1 aromatic heterocycles. The Morgan fingerprint density at radius 3 is 2.80 bits per heavy atom. The monoisotopic (exact) mass is 277 g/mol. The fraction of sp³-hybridized carbons (Fsp3) is 0.308. The first-order chi connectivity index (χ1) is 9.70. The van der Waals surface area contributed by atoms with E-state index in [1.165, 1.54) is 6.33 Å². The van der Waals surface area contributed by atoms with Gasteiger partial charge in [-0.25, -0.2) is 9.48 Å². The van der Waals surface area contributed by atoms with Gasteiger partial charge < -0.3 is 14.6 Å². The Hall–Kier alpha value is -2.41. The average molecular weight is 277 g/mol. The third-order valence-corrected chi connectivity index (χ3v) is 2.50. The largest absolute Gasteiger partial charge is 0.479 e. The average Bonchev–Trinajstić information content (AvgIpc) is 2.93. The van der Waals surface area contributed by atoms with E-state index in [1.54, 1.807) is 11.6 Å². The van der Waals surface area contributed by atoms with Crippen LogP contribution in [0.5, 0.6) is 6.01 Å². The summed E-state index contributed by atoms with van der Waals surface area (Å²) in [6.45, 7) is 1.88. The van der Waals surface area contributed by atoms with Crippen LogP contribution in [0.15, 0.2) is 36.7 Å². The molecule has 1 aromatic carbocycles. The van der Waals surface area contributed by atoms with Gasteiger partial charge in [-0.2, -0.15) is 4.98 Å². The second-order valence-corrected chi connectivity index (χ2v) is 3.90. The Morgan fingerprint density at radius 1 is 1.40 bits per heavy atom. The summed E-state index contributed by atoms with van der Waals surface area (Å²) in [4.78, 5) is 14.9. The van der Waals surface area contributed by atoms with Gasteiger partial charge in [0.1, 0.15) is 12.9 Å². The van der Waals surface area contributed by atoms with Gasteiger partial charge in [-0.1, -0.05) is 18.2 Å². The van der Waals surface area contributed by atoms with Crippen LogP contribution in [0.1, 0.15) is 6.92 Å². The molecule has 0 fully saturated rings. The molecule has 1 N–H and O–H groups in total. The van der Waals surface area contributed by atoms with Crippen molar-refractivity contribution in [3.05, 3.63) is 36.7 Å². The van der Waals surface area contributed by atoms with Crippen LogP contribution in [-0.4, -0.2) is 45.2 Å². The molecule has 1 atom stereocenters. The lowest BCUT2D eigenvalue weighted by Gasteiger charge is -2.11. The first kappa shape index (κ1) is 14.0. The standard InChI is InChI=1S/C13H15N3O4/c1-2-19-11(12(17)18)8-20-13-14-9-16(15-13)10-6-4-3-5-7-10/h3-7,9,11H,2,8H2,1H3,(H,17,18). The molecule has 1 heterocycles. The van der Waals surface area contributed by atoms with Gasteiger partial charge in [-0.05, 0) is 19.1 Å². The molecule has 7 nitrogen and oxygen atoms in total. The van der Waals surface area contributed by atoms with Crippen molar-refractivity contribution in [3.8, 4) is 11.7 Å². The highest BCUT2D eigenvalue weighted by molar-refractivity contribution is 5.72. The molecule has 0 saturated heterocycles. The number of rotatable bonds is 7. The van der Waals surface area contributed by atoms with Crippen LogP contribution < -0.4 is 4.74 Å². The number of carbonyl (C=O) groups is 1. The van der Waals surface area contributed by atoms with Gasteiger partial charge in [0.2, 0.25) is 0 Å². The third-order valence-electron chi connectivity index (χ3n) is 2.50. The molecule has 1 unspecified atom stereocenters. The summed E-state index contributed by atoms with van der Waals surface area (Å²) in [6.07, 6.45) is 0.477. The zero-order valence-corrected chi connectivity index (χ0v) is 11.0. The number of hydrogen-bond acceptors (Lipinski definition) is 5. The topological polar surface area (TPSA) is 86.5 Å². The van der Waals surface area contributed by atoms with Crippen LogP contribution in [0.2, 0.25) is 0 Å². The van der Waals surface area contributed by atoms with E-state index in [1.807, 2.05) is 30.3 Å². The van der Waals surface area contributed by atoms with E-state index in [-0.39, 0.29) is 12.6 Å². The van der Waals surface area contributed by atoms with Gasteiger partial charge in [0.05, 0.1) is 5.69 Å². The summed E-state index contributed by atoms with van der Waals surface area (Å²) in [5, 5.41) is 13.0. The lowest BCUT2D eigenvalue weighted by Crippen LogP contribution is -2.30. The predicted molar refractivity (Wildman–Crippen MR) is 69.9 cm³/mol. The van der Waals surface area contributed by atoms with Crippen LogP contribution in [0.3, 0.4) is 0 Å². The molecular weight excluding hydrogens is 262 g/mol. The summed E-state index contributed by atoms with van der Waals surface area (Å²) in [5.41, 5.74) is 0.842. The first-order valence-electron chi connectivity index (χ1n) is 6.15. The van der Waals surface area contributed by atoms with Crippen molar-refractivity contribution in [3.63, 3.8) is 0 Å². The van der Waals surface area contributed by atoms with Crippen LogP contribution >= 0.6 is 0 Å². The number of benzene rings is 1. The van der Waals surface area contributed by atoms with Crippen molar-refractivity contribution in [2.24, 2.45) is 0 Å². The fourth-order valence-corrected chi connectivity index (χ4v) is 1.56. The van der Waals surface area contributed by atoms with Crippen molar-refractivity contribution in [2.75, 3.05) is 13.2 Å². The number of para-hydroxylation sites is 1. The second kappa shape index (κ2) is 6.67. The van der Waals surface area contributed by atoms with E-state index in [4.69, 9.17) is 14.6 Å². The quantitative estimate of drug-likeness (QED) is 0.816. The van der Waals surface area contributed by atoms with Gasteiger partial charge in [-0.3, -0.25) is 0 Å². The number of aliphatic carboxylic acids is 1. The van der Waals surface area contributed by atoms with E-state index < -0.39 is 12.1 Å². The summed E-state index contributed by atoms with van der Waals surface area (Å²) in [6, 6.07) is 9.52. The van der Waals surface area contributed by atoms with E-state index in [0.717, 1.165) is 5.69 Å². The molecule has 0 spiro atoms. The third kappa shape index (κ3) is 3.55. The maximum atomic E-state index is 10.9. The summed E-state index contributed by atoms with van der Waals surface area (Å²) in [7, 11) is 0. The Bertz CT molecular complexity index is 556. The van der Waals surface area contributed by atoms with Crippen molar-refractivity contribution >= 4 is 5.97 Å². The van der Waals surface area contributed by atoms with E-state index >= 15 is 0 Å². The molecule has 2 aromatic rings. The van der Waals surface area contributed by atoms with E-state index in [9.17, 15) is 4.79 Å². The van der Waals surface area contributed by atoms with E-state index in [2.05, 4.69) is 10.1 Å². The van der Waals surface area contributed by atoms with Crippen LogP contribution in [0.4, 0.5) is 0 Å². The van der Waals surface area contributed by atoms with Gasteiger partial charge in [0.25, 0.3) is 0 Å². The summed E-state index contributed by atoms with van der Waals surface area (Å²) in [5.74, 6) is -1.07. The molecule has 0 amide bonds.